The third kappa shape index (κ3) is 1.45. The van der Waals surface area contributed by atoms with Gasteiger partial charge in [-0.15, -0.1) is 0 Å². The van der Waals surface area contributed by atoms with Gasteiger partial charge in [0.1, 0.15) is 6.04 Å². The van der Waals surface area contributed by atoms with E-state index in [1.807, 2.05) is 0 Å². The summed E-state index contributed by atoms with van der Waals surface area (Å²) in [5.41, 5.74) is 5.62. The van der Waals surface area contributed by atoms with Crippen molar-refractivity contribution in [1.29, 1.82) is 0 Å². The van der Waals surface area contributed by atoms with E-state index in [0.717, 1.165) is 12.8 Å². The average molecular weight is 183 g/mol. The molecule has 5 heteroatoms. The van der Waals surface area contributed by atoms with E-state index in [-0.39, 0.29) is 12.0 Å². The van der Waals surface area contributed by atoms with Crippen molar-refractivity contribution in [2.45, 2.75) is 31.2 Å². The normalized spacial score (nSPS) is 21.5. The lowest BCUT2D eigenvalue weighted by Crippen LogP contribution is -2.15. The van der Waals surface area contributed by atoms with E-state index < -0.39 is 6.04 Å². The fourth-order valence-corrected chi connectivity index (χ4v) is 1.12. The molecule has 1 aromatic rings. The Balaban J connectivity index is 2.18. The molecule has 0 spiro atoms. The summed E-state index contributed by atoms with van der Waals surface area (Å²) >= 11 is 0. The third-order valence-corrected chi connectivity index (χ3v) is 2.50. The molecule has 0 bridgehead atoms. The van der Waals surface area contributed by atoms with Gasteiger partial charge in [-0.3, -0.25) is 0 Å². The van der Waals surface area contributed by atoms with Crippen molar-refractivity contribution in [2.75, 3.05) is 6.61 Å². The number of aliphatic hydroxyl groups excluding tert-OH is 1. The van der Waals surface area contributed by atoms with E-state index in [0.29, 0.717) is 11.7 Å². The molecular formula is C8H13N3O2. The zero-order valence-corrected chi connectivity index (χ0v) is 7.53. The van der Waals surface area contributed by atoms with Gasteiger partial charge in [-0.1, -0.05) is 12.1 Å². The second-order valence-corrected chi connectivity index (χ2v) is 3.81. The topological polar surface area (TPSA) is 85.2 Å². The summed E-state index contributed by atoms with van der Waals surface area (Å²) in [6, 6.07) is -0.552. The summed E-state index contributed by atoms with van der Waals surface area (Å²) in [4.78, 5) is 4.15. The van der Waals surface area contributed by atoms with Crippen LogP contribution in [0.5, 0.6) is 0 Å². The van der Waals surface area contributed by atoms with Gasteiger partial charge in [0.2, 0.25) is 5.89 Å². The number of aromatic nitrogens is 2. The summed E-state index contributed by atoms with van der Waals surface area (Å²) < 4.78 is 4.94. The zero-order chi connectivity index (χ0) is 9.47. The zero-order valence-electron chi connectivity index (χ0n) is 7.53. The highest BCUT2D eigenvalue weighted by atomic mass is 16.5. The highest BCUT2D eigenvalue weighted by molar-refractivity contribution is 5.14. The number of rotatable bonds is 3. The molecule has 0 aromatic carbocycles. The van der Waals surface area contributed by atoms with Gasteiger partial charge in [-0.25, -0.2) is 0 Å². The molecular weight excluding hydrogens is 170 g/mol. The predicted molar refractivity (Wildman–Crippen MR) is 44.9 cm³/mol. The molecule has 13 heavy (non-hydrogen) atoms. The van der Waals surface area contributed by atoms with Crippen LogP contribution < -0.4 is 5.73 Å². The highest BCUT2D eigenvalue weighted by Crippen LogP contribution is 2.46. The Morgan fingerprint density at radius 2 is 2.38 bits per heavy atom. The van der Waals surface area contributed by atoms with Crippen LogP contribution in [0.1, 0.15) is 37.5 Å². The van der Waals surface area contributed by atoms with Crippen LogP contribution in [0, 0.1) is 0 Å². The minimum Gasteiger partial charge on any atom is -0.394 e. The van der Waals surface area contributed by atoms with Crippen molar-refractivity contribution in [1.82, 2.24) is 10.1 Å². The fraction of sp³-hybridized carbons (Fsp3) is 0.750. The molecule has 1 heterocycles. The van der Waals surface area contributed by atoms with Crippen LogP contribution in [-0.4, -0.2) is 21.9 Å². The number of nitrogens with two attached hydrogens (primary N) is 1. The molecule has 1 fully saturated rings. The lowest BCUT2D eigenvalue weighted by atomic mass is 10.1. The van der Waals surface area contributed by atoms with Crippen molar-refractivity contribution in [3.05, 3.63) is 11.7 Å². The van der Waals surface area contributed by atoms with Crippen molar-refractivity contribution in [2.24, 2.45) is 5.73 Å². The molecule has 0 amide bonds. The molecule has 1 aromatic heterocycles. The molecule has 1 aliphatic rings. The maximum Gasteiger partial charge on any atom is 0.245 e. The van der Waals surface area contributed by atoms with Gasteiger partial charge in [-0.2, -0.15) is 4.98 Å². The minimum atomic E-state index is -0.552. The van der Waals surface area contributed by atoms with Gasteiger partial charge in [0.05, 0.1) is 6.61 Å². The lowest BCUT2D eigenvalue weighted by molar-refractivity contribution is 0.236. The van der Waals surface area contributed by atoms with E-state index in [4.69, 9.17) is 15.4 Å². The van der Waals surface area contributed by atoms with Gasteiger partial charge in [0.25, 0.3) is 0 Å². The van der Waals surface area contributed by atoms with Crippen molar-refractivity contribution in [3.8, 4) is 0 Å². The molecule has 2 rings (SSSR count). The van der Waals surface area contributed by atoms with Crippen LogP contribution >= 0.6 is 0 Å². The fourth-order valence-electron chi connectivity index (χ4n) is 1.12. The Morgan fingerprint density at radius 1 is 1.69 bits per heavy atom. The smallest absolute Gasteiger partial charge is 0.245 e. The molecule has 72 valence electrons. The molecule has 0 unspecified atom stereocenters. The van der Waals surface area contributed by atoms with E-state index in [9.17, 15) is 0 Å². The van der Waals surface area contributed by atoms with Crippen molar-refractivity contribution >= 4 is 0 Å². The Hall–Kier alpha value is -0.940. The van der Waals surface area contributed by atoms with Gasteiger partial charge in [-0.05, 0) is 12.8 Å². The van der Waals surface area contributed by atoms with Gasteiger partial charge < -0.3 is 15.4 Å². The summed E-state index contributed by atoms with van der Waals surface area (Å²) in [5.74, 6) is 1.04. The monoisotopic (exact) mass is 183 g/mol. The van der Waals surface area contributed by atoms with Crippen molar-refractivity contribution < 1.29 is 9.63 Å². The minimum absolute atomic E-state index is 0.0942. The van der Waals surface area contributed by atoms with E-state index in [1.54, 1.807) is 0 Å². The second kappa shape index (κ2) is 2.78. The van der Waals surface area contributed by atoms with Gasteiger partial charge >= 0.3 is 0 Å². The van der Waals surface area contributed by atoms with Gasteiger partial charge in [0.15, 0.2) is 5.82 Å². The Bertz CT molecular complexity index is 306. The van der Waals surface area contributed by atoms with E-state index in [2.05, 4.69) is 17.1 Å². The number of hydrogen-bond acceptors (Lipinski definition) is 5. The quantitative estimate of drug-likeness (QED) is 0.694. The second-order valence-electron chi connectivity index (χ2n) is 3.81. The average Bonchev–Trinajstić information content (AvgIpc) is 2.72. The first kappa shape index (κ1) is 8.65. The van der Waals surface area contributed by atoms with Gasteiger partial charge in [0, 0.05) is 5.41 Å². The van der Waals surface area contributed by atoms with Crippen LogP contribution in [0.3, 0.4) is 0 Å². The molecule has 3 N–H and O–H groups in total. The van der Waals surface area contributed by atoms with Crippen LogP contribution in [0.15, 0.2) is 4.52 Å². The Morgan fingerprint density at radius 3 is 2.92 bits per heavy atom. The van der Waals surface area contributed by atoms with Crippen molar-refractivity contribution in [3.63, 3.8) is 0 Å². The Labute approximate surface area is 75.9 Å². The molecule has 5 nitrogen and oxygen atoms in total. The van der Waals surface area contributed by atoms with Crippen LogP contribution in [0.4, 0.5) is 0 Å². The standard InChI is InChI=1S/C8H13N3O2/c1-8(2-3-8)7-10-6(13-11-7)5(9)4-12/h5,12H,2-4,9H2,1H3/t5-/m0/s1. The summed E-state index contributed by atoms with van der Waals surface area (Å²) in [7, 11) is 0. The van der Waals surface area contributed by atoms with Crippen LogP contribution in [0.25, 0.3) is 0 Å². The highest BCUT2D eigenvalue weighted by Gasteiger charge is 2.43. The number of aliphatic hydroxyl groups is 1. The molecule has 0 radical (unpaired) electrons. The number of nitrogens with zero attached hydrogens (tertiary/aromatic N) is 2. The lowest BCUT2D eigenvalue weighted by Gasteiger charge is -2.00. The molecule has 0 aliphatic heterocycles. The summed E-state index contributed by atoms with van der Waals surface area (Å²) in [5, 5.41) is 12.6. The maximum absolute atomic E-state index is 8.76. The summed E-state index contributed by atoms with van der Waals surface area (Å²) in [6.45, 7) is 1.92. The van der Waals surface area contributed by atoms with E-state index >= 15 is 0 Å². The third-order valence-electron chi connectivity index (χ3n) is 2.50. The molecule has 0 saturated heterocycles. The van der Waals surface area contributed by atoms with Crippen LogP contribution in [-0.2, 0) is 5.41 Å². The SMILES string of the molecule is CC1(c2noc([C@@H](N)CO)n2)CC1. The molecule has 1 atom stereocenters. The largest absolute Gasteiger partial charge is 0.394 e. The first-order valence-corrected chi connectivity index (χ1v) is 4.36. The Kier molecular flexibility index (Phi) is 1.85. The first-order valence-electron chi connectivity index (χ1n) is 4.36. The molecule has 1 aliphatic carbocycles. The van der Waals surface area contributed by atoms with E-state index in [1.165, 1.54) is 0 Å². The number of hydrogen-bond donors (Lipinski definition) is 2. The van der Waals surface area contributed by atoms with Crippen LogP contribution in [0.2, 0.25) is 0 Å². The summed E-state index contributed by atoms with van der Waals surface area (Å²) in [6.07, 6.45) is 2.20. The maximum atomic E-state index is 8.76. The molecule has 1 saturated carbocycles. The predicted octanol–water partition coefficient (Wildman–Crippen LogP) is 0.113. The first-order chi connectivity index (χ1) is 6.15.